The minimum Gasteiger partial charge on any atom is -0.480 e. The molecule has 1 heterocycles. The van der Waals surface area contributed by atoms with Crippen molar-refractivity contribution in [1.82, 2.24) is 0 Å². The van der Waals surface area contributed by atoms with Gasteiger partial charge in [0.2, 0.25) is 0 Å². The maximum Gasteiger partial charge on any atom is 0.341 e. The fourth-order valence-electron chi connectivity index (χ4n) is 4.76. The van der Waals surface area contributed by atoms with E-state index in [9.17, 15) is 14.3 Å². The summed E-state index contributed by atoms with van der Waals surface area (Å²) in [6.07, 6.45) is -0.535. The maximum absolute atomic E-state index is 14.3. The Bertz CT molecular complexity index is 1300. The number of carboxylic acids is 1. The summed E-state index contributed by atoms with van der Waals surface area (Å²) in [5, 5.41) is 10.2. The number of hydrogen-bond acceptors (Lipinski definition) is 3. The minimum absolute atomic E-state index is 0.186. The molecule has 4 atom stereocenters. The molecule has 0 bridgehead atoms. The van der Waals surface area contributed by atoms with Crippen molar-refractivity contribution in [1.29, 1.82) is 0 Å². The summed E-state index contributed by atoms with van der Waals surface area (Å²) in [5.74, 6) is -1.53. The highest BCUT2D eigenvalue weighted by molar-refractivity contribution is 9.10. The van der Waals surface area contributed by atoms with Crippen LogP contribution in [0.5, 0.6) is 5.75 Å². The Hall–Kier alpha value is -2.38. The number of halogens is 4. The molecule has 4 rings (SSSR count). The fraction of sp³-hybridized carbons (Fsp3) is 0.250. The highest BCUT2D eigenvalue weighted by Gasteiger charge is 2.42. The van der Waals surface area contributed by atoms with Gasteiger partial charge in [-0.15, -0.1) is 0 Å². The van der Waals surface area contributed by atoms with Gasteiger partial charge in [-0.1, -0.05) is 65.7 Å². The van der Waals surface area contributed by atoms with E-state index in [1.807, 2.05) is 37.3 Å². The van der Waals surface area contributed by atoms with Crippen LogP contribution in [0.25, 0.3) is 0 Å². The Labute approximate surface area is 227 Å². The van der Waals surface area contributed by atoms with Crippen molar-refractivity contribution in [2.24, 2.45) is 5.92 Å². The van der Waals surface area contributed by atoms with Gasteiger partial charge in [-0.2, -0.15) is 0 Å². The molecule has 1 fully saturated rings. The molecule has 8 heteroatoms. The van der Waals surface area contributed by atoms with Gasteiger partial charge in [-0.25, -0.2) is 9.18 Å². The molecule has 1 aliphatic rings. The average Bonchev–Trinajstić information content (AvgIpc) is 2.82. The number of carbonyl (C=O) groups is 1. The molecule has 3 aromatic carbocycles. The third kappa shape index (κ3) is 5.78. The number of hydrogen-bond donors (Lipinski definition) is 1. The van der Waals surface area contributed by atoms with Crippen molar-refractivity contribution >= 4 is 45.1 Å². The van der Waals surface area contributed by atoms with Gasteiger partial charge in [-0.3, -0.25) is 0 Å². The van der Waals surface area contributed by atoms with Crippen LogP contribution >= 0.6 is 39.1 Å². The SMILES string of the molecule is C=C(C)[C@H]1C[C@H](c2ccccc2Cl)[C@H](c2cccc(F)c2)O[C@@H]1c1cc(Cl)cc(Br)c1OCC(=O)O. The van der Waals surface area contributed by atoms with E-state index < -0.39 is 24.8 Å². The van der Waals surface area contributed by atoms with Gasteiger partial charge in [-0.05, 0) is 70.7 Å². The predicted molar refractivity (Wildman–Crippen MR) is 142 cm³/mol. The van der Waals surface area contributed by atoms with Crippen LogP contribution in [-0.2, 0) is 9.53 Å². The third-order valence-corrected chi connectivity index (χ3v) is 7.48. The van der Waals surface area contributed by atoms with Crippen LogP contribution in [0.15, 0.2) is 77.3 Å². The van der Waals surface area contributed by atoms with Crippen molar-refractivity contribution in [3.8, 4) is 5.75 Å². The topological polar surface area (TPSA) is 55.8 Å². The molecular formula is C28H24BrCl2FO4. The second-order valence-electron chi connectivity index (χ2n) is 8.84. The monoisotopic (exact) mass is 592 g/mol. The molecule has 0 unspecified atom stereocenters. The zero-order valence-corrected chi connectivity index (χ0v) is 22.5. The first-order valence-corrected chi connectivity index (χ1v) is 12.8. The lowest BCUT2D eigenvalue weighted by Crippen LogP contribution is -2.32. The van der Waals surface area contributed by atoms with E-state index in [1.54, 1.807) is 18.2 Å². The highest BCUT2D eigenvalue weighted by atomic mass is 79.9. The molecule has 1 saturated heterocycles. The Balaban J connectivity index is 1.86. The molecule has 0 aromatic heterocycles. The first-order valence-electron chi connectivity index (χ1n) is 11.3. The normalized spacial score (nSPS) is 21.7. The molecular weight excluding hydrogens is 570 g/mol. The van der Waals surface area contributed by atoms with Crippen LogP contribution in [0.1, 0.15) is 48.2 Å². The summed E-state index contributed by atoms with van der Waals surface area (Å²) < 4.78 is 27.2. The van der Waals surface area contributed by atoms with E-state index >= 15 is 0 Å². The van der Waals surface area contributed by atoms with E-state index in [-0.39, 0.29) is 17.7 Å². The molecule has 36 heavy (non-hydrogen) atoms. The number of rotatable bonds is 7. The lowest BCUT2D eigenvalue weighted by molar-refractivity contribution is -0.139. The summed E-state index contributed by atoms with van der Waals surface area (Å²) in [4.78, 5) is 11.3. The fourth-order valence-corrected chi connectivity index (χ4v) is 5.98. The van der Waals surface area contributed by atoms with E-state index in [0.29, 0.717) is 37.8 Å². The first kappa shape index (κ1) is 26.7. The molecule has 0 spiro atoms. The van der Waals surface area contributed by atoms with Crippen LogP contribution in [0.3, 0.4) is 0 Å². The number of aliphatic carboxylic acids is 1. The second kappa shape index (κ2) is 11.3. The zero-order chi connectivity index (χ0) is 26.0. The molecule has 0 aliphatic carbocycles. The van der Waals surface area contributed by atoms with E-state index in [4.69, 9.17) is 32.7 Å². The van der Waals surface area contributed by atoms with Crippen LogP contribution in [0.2, 0.25) is 10.0 Å². The van der Waals surface area contributed by atoms with Gasteiger partial charge in [0.25, 0.3) is 0 Å². The van der Waals surface area contributed by atoms with Gasteiger partial charge < -0.3 is 14.6 Å². The number of ether oxygens (including phenoxy) is 2. The second-order valence-corrected chi connectivity index (χ2v) is 10.5. The van der Waals surface area contributed by atoms with E-state index in [1.165, 1.54) is 12.1 Å². The van der Waals surface area contributed by atoms with Gasteiger partial charge in [0, 0.05) is 27.4 Å². The van der Waals surface area contributed by atoms with Gasteiger partial charge in [0.15, 0.2) is 6.61 Å². The summed E-state index contributed by atoms with van der Waals surface area (Å²) in [6, 6.07) is 17.2. The van der Waals surface area contributed by atoms with Crippen LogP contribution in [0.4, 0.5) is 4.39 Å². The Morgan fingerprint density at radius 1 is 1.14 bits per heavy atom. The molecule has 0 saturated carbocycles. The molecule has 188 valence electrons. The van der Waals surface area contributed by atoms with Crippen molar-refractivity contribution in [3.05, 3.63) is 110 Å². The standard InChI is InChI=1S/C28H24BrCl2FO4/c1-15(2)20-13-21(19-8-3-4-9-24(19)31)26(16-6-5-7-18(32)10-16)36-27(20)22-11-17(30)12-23(29)28(22)35-14-25(33)34/h3-12,20-21,26-27H,1,13-14H2,2H3,(H,33,34)/t20-,21-,26+,27+/m1/s1. The summed E-state index contributed by atoms with van der Waals surface area (Å²) in [7, 11) is 0. The van der Waals surface area contributed by atoms with E-state index in [2.05, 4.69) is 22.5 Å². The van der Waals surface area contributed by atoms with Crippen LogP contribution in [0, 0.1) is 11.7 Å². The van der Waals surface area contributed by atoms with Crippen molar-refractivity contribution < 1.29 is 23.8 Å². The predicted octanol–water partition coefficient (Wildman–Crippen LogP) is 8.54. The molecule has 0 amide bonds. The quantitative estimate of drug-likeness (QED) is 0.279. The smallest absolute Gasteiger partial charge is 0.341 e. The zero-order valence-electron chi connectivity index (χ0n) is 19.4. The largest absolute Gasteiger partial charge is 0.480 e. The minimum atomic E-state index is -1.11. The van der Waals surface area contributed by atoms with E-state index in [0.717, 1.165) is 11.1 Å². The number of carboxylic acid groups (broad SMARTS) is 1. The highest BCUT2D eigenvalue weighted by Crippen LogP contribution is 2.55. The maximum atomic E-state index is 14.3. The van der Waals surface area contributed by atoms with Crippen LogP contribution in [-0.4, -0.2) is 17.7 Å². The van der Waals surface area contributed by atoms with Gasteiger partial charge in [0.1, 0.15) is 11.6 Å². The lowest BCUT2D eigenvalue weighted by atomic mass is 9.74. The lowest BCUT2D eigenvalue weighted by Gasteiger charge is -2.43. The molecule has 4 nitrogen and oxygen atoms in total. The van der Waals surface area contributed by atoms with Crippen molar-refractivity contribution in [2.75, 3.05) is 6.61 Å². The van der Waals surface area contributed by atoms with Gasteiger partial charge in [0.05, 0.1) is 16.7 Å². The Morgan fingerprint density at radius 3 is 2.56 bits per heavy atom. The average molecular weight is 594 g/mol. The Kier molecular flexibility index (Phi) is 8.41. The van der Waals surface area contributed by atoms with Gasteiger partial charge >= 0.3 is 5.97 Å². The summed E-state index contributed by atoms with van der Waals surface area (Å²) in [5.41, 5.74) is 3.02. The summed E-state index contributed by atoms with van der Waals surface area (Å²) >= 11 is 16.5. The summed E-state index contributed by atoms with van der Waals surface area (Å²) in [6.45, 7) is 5.60. The van der Waals surface area contributed by atoms with Crippen LogP contribution < -0.4 is 4.74 Å². The van der Waals surface area contributed by atoms with Crippen molar-refractivity contribution in [3.63, 3.8) is 0 Å². The molecule has 1 N–H and O–H groups in total. The molecule has 1 aliphatic heterocycles. The third-order valence-electron chi connectivity index (χ3n) is 6.33. The number of benzene rings is 3. The molecule has 0 radical (unpaired) electrons. The Morgan fingerprint density at radius 2 is 1.89 bits per heavy atom. The first-order chi connectivity index (χ1) is 17.2. The molecule has 3 aromatic rings. The van der Waals surface area contributed by atoms with Crippen molar-refractivity contribution in [2.45, 2.75) is 31.5 Å².